The summed E-state index contributed by atoms with van der Waals surface area (Å²) in [6, 6.07) is 5.91. The minimum atomic E-state index is -1.27. The third-order valence-corrected chi connectivity index (χ3v) is 4.37. The van der Waals surface area contributed by atoms with Crippen molar-refractivity contribution in [3.05, 3.63) is 41.7 Å². The van der Waals surface area contributed by atoms with E-state index in [0.29, 0.717) is 6.54 Å². The third-order valence-electron chi connectivity index (χ3n) is 4.37. The van der Waals surface area contributed by atoms with Crippen molar-refractivity contribution in [3.8, 4) is 0 Å². The molecule has 0 aromatic heterocycles. The number of allylic oxidation sites excluding steroid dienone is 1. The number of amides is 2. The average Bonchev–Trinajstić information content (AvgIpc) is 2.57. The highest BCUT2D eigenvalue weighted by Gasteiger charge is 2.36. The summed E-state index contributed by atoms with van der Waals surface area (Å²) in [5.41, 5.74) is 0.175. The first-order valence-electron chi connectivity index (χ1n) is 8.43. The number of hydrogen-bond donors (Lipinski definition) is 2. The fraction of sp³-hybridized carbons (Fsp3) is 0.474. The predicted octanol–water partition coefficient (Wildman–Crippen LogP) is 3.80. The Hall–Kier alpha value is -2.17. The summed E-state index contributed by atoms with van der Waals surface area (Å²) in [6.45, 7) is 3.60. The minimum Gasteiger partial charge on any atom is -0.355 e. The first-order valence-corrected chi connectivity index (χ1v) is 8.43. The lowest BCUT2D eigenvalue weighted by molar-refractivity contribution is -0.138. The van der Waals surface area contributed by atoms with Crippen molar-refractivity contribution in [1.29, 1.82) is 0 Å². The molecule has 0 atom stereocenters. The summed E-state index contributed by atoms with van der Waals surface area (Å²) in [5.74, 6) is -1.40. The molecule has 1 aliphatic carbocycles. The van der Waals surface area contributed by atoms with Crippen molar-refractivity contribution in [1.82, 2.24) is 5.32 Å². The molecule has 24 heavy (non-hydrogen) atoms. The molecule has 130 valence electrons. The Bertz CT molecular complexity index is 638. The Morgan fingerprint density at radius 2 is 1.92 bits per heavy atom. The van der Waals surface area contributed by atoms with Crippen LogP contribution in [0.25, 0.3) is 0 Å². The molecular formula is C19H25FN2O2. The van der Waals surface area contributed by atoms with E-state index in [4.69, 9.17) is 0 Å². The quantitative estimate of drug-likeness (QED) is 0.615. The van der Waals surface area contributed by atoms with E-state index in [9.17, 15) is 14.0 Å². The fourth-order valence-corrected chi connectivity index (χ4v) is 2.63. The van der Waals surface area contributed by atoms with Gasteiger partial charge in [-0.2, -0.15) is 0 Å². The van der Waals surface area contributed by atoms with Gasteiger partial charge in [-0.3, -0.25) is 9.59 Å². The van der Waals surface area contributed by atoms with Crippen LogP contribution in [0.5, 0.6) is 0 Å². The number of hydrogen-bond acceptors (Lipinski definition) is 2. The van der Waals surface area contributed by atoms with Crippen LogP contribution in [0.2, 0.25) is 0 Å². The van der Waals surface area contributed by atoms with Crippen LogP contribution >= 0.6 is 0 Å². The van der Waals surface area contributed by atoms with Crippen LogP contribution in [0, 0.1) is 11.2 Å². The van der Waals surface area contributed by atoms with Gasteiger partial charge in [0.15, 0.2) is 0 Å². The molecule has 0 saturated heterocycles. The van der Waals surface area contributed by atoms with E-state index in [2.05, 4.69) is 16.7 Å². The molecule has 2 amide bonds. The van der Waals surface area contributed by atoms with E-state index < -0.39 is 17.1 Å². The minimum absolute atomic E-state index is 0.0794. The second-order valence-corrected chi connectivity index (χ2v) is 6.67. The molecule has 4 nitrogen and oxygen atoms in total. The summed E-state index contributed by atoms with van der Waals surface area (Å²) in [4.78, 5) is 24.7. The molecule has 1 aromatic carbocycles. The Kier molecular flexibility index (Phi) is 6.12. The summed E-state index contributed by atoms with van der Waals surface area (Å²) >= 11 is 0. The van der Waals surface area contributed by atoms with Gasteiger partial charge in [-0.15, -0.1) is 0 Å². The lowest BCUT2D eigenvalue weighted by Crippen LogP contribution is -2.45. The van der Waals surface area contributed by atoms with E-state index in [1.54, 1.807) is 26.0 Å². The Morgan fingerprint density at radius 3 is 2.58 bits per heavy atom. The zero-order chi connectivity index (χ0) is 17.6. The van der Waals surface area contributed by atoms with E-state index >= 15 is 0 Å². The number of carbonyl (C=O) groups excluding carboxylic acids is 2. The van der Waals surface area contributed by atoms with Crippen molar-refractivity contribution in [2.24, 2.45) is 5.41 Å². The van der Waals surface area contributed by atoms with Gasteiger partial charge in [-0.25, -0.2) is 4.39 Å². The molecule has 0 unspecified atom stereocenters. The van der Waals surface area contributed by atoms with Crippen molar-refractivity contribution >= 4 is 17.5 Å². The molecular weight excluding hydrogens is 307 g/mol. The number of rotatable bonds is 6. The van der Waals surface area contributed by atoms with Gasteiger partial charge in [0.25, 0.3) is 0 Å². The molecule has 0 saturated carbocycles. The zero-order valence-electron chi connectivity index (χ0n) is 14.3. The highest BCUT2D eigenvalue weighted by Crippen LogP contribution is 2.22. The first kappa shape index (κ1) is 18.2. The molecule has 0 spiro atoms. The molecule has 1 aliphatic rings. The second-order valence-electron chi connectivity index (χ2n) is 6.67. The van der Waals surface area contributed by atoms with Gasteiger partial charge in [-0.1, -0.05) is 23.8 Å². The molecule has 0 bridgehead atoms. The number of anilines is 1. The average molecular weight is 332 g/mol. The largest absolute Gasteiger partial charge is 0.355 e. The molecule has 0 fully saturated rings. The maximum atomic E-state index is 13.6. The Balaban J connectivity index is 1.88. The van der Waals surface area contributed by atoms with Crippen LogP contribution < -0.4 is 10.6 Å². The third kappa shape index (κ3) is 4.66. The number of nitrogens with one attached hydrogen (secondary N) is 2. The van der Waals surface area contributed by atoms with Gasteiger partial charge in [0, 0.05) is 6.54 Å². The highest BCUT2D eigenvalue weighted by molar-refractivity contribution is 6.09. The summed E-state index contributed by atoms with van der Waals surface area (Å²) < 4.78 is 13.6. The van der Waals surface area contributed by atoms with Gasteiger partial charge >= 0.3 is 0 Å². The van der Waals surface area contributed by atoms with Gasteiger partial charge in [0.05, 0.1) is 5.69 Å². The normalized spacial score (nSPS) is 14.7. The number of para-hydroxylation sites is 1. The highest BCUT2D eigenvalue weighted by atomic mass is 19.1. The lowest BCUT2D eigenvalue weighted by atomic mass is 9.90. The van der Waals surface area contributed by atoms with Gasteiger partial charge in [0.2, 0.25) is 11.8 Å². The van der Waals surface area contributed by atoms with E-state index in [1.165, 1.54) is 30.5 Å². The van der Waals surface area contributed by atoms with Crippen LogP contribution in [0.3, 0.4) is 0 Å². The van der Waals surface area contributed by atoms with E-state index in [0.717, 1.165) is 19.3 Å². The van der Waals surface area contributed by atoms with Crippen LogP contribution in [0.4, 0.5) is 10.1 Å². The molecule has 5 heteroatoms. The summed E-state index contributed by atoms with van der Waals surface area (Å²) in [6.07, 6.45) is 7.70. The topological polar surface area (TPSA) is 58.2 Å². The SMILES string of the molecule is CC(C)(C(=O)NCCC1=CCCCC1)C(=O)Nc1ccccc1F. The lowest BCUT2D eigenvalue weighted by Gasteiger charge is -2.23. The van der Waals surface area contributed by atoms with Gasteiger partial charge in [-0.05, 0) is 58.1 Å². The fourth-order valence-electron chi connectivity index (χ4n) is 2.63. The van der Waals surface area contributed by atoms with Crippen LogP contribution in [0.15, 0.2) is 35.9 Å². The monoisotopic (exact) mass is 332 g/mol. The Labute approximate surface area is 142 Å². The smallest absolute Gasteiger partial charge is 0.239 e. The summed E-state index contributed by atoms with van der Waals surface area (Å²) in [5, 5.41) is 5.30. The van der Waals surface area contributed by atoms with Gasteiger partial charge < -0.3 is 10.6 Å². The number of carbonyl (C=O) groups is 2. The number of halogens is 1. The van der Waals surface area contributed by atoms with Crippen molar-refractivity contribution in [2.75, 3.05) is 11.9 Å². The van der Waals surface area contributed by atoms with Crippen LogP contribution in [-0.4, -0.2) is 18.4 Å². The zero-order valence-corrected chi connectivity index (χ0v) is 14.3. The van der Waals surface area contributed by atoms with Crippen molar-refractivity contribution in [3.63, 3.8) is 0 Å². The first-order chi connectivity index (χ1) is 11.4. The van der Waals surface area contributed by atoms with Crippen molar-refractivity contribution in [2.45, 2.75) is 46.0 Å². The molecule has 0 heterocycles. The van der Waals surface area contributed by atoms with Crippen molar-refractivity contribution < 1.29 is 14.0 Å². The molecule has 1 aromatic rings. The molecule has 0 aliphatic heterocycles. The van der Waals surface area contributed by atoms with E-state index in [-0.39, 0.29) is 11.6 Å². The maximum absolute atomic E-state index is 13.6. The van der Waals surface area contributed by atoms with Crippen LogP contribution in [0.1, 0.15) is 46.0 Å². The van der Waals surface area contributed by atoms with Gasteiger partial charge in [0.1, 0.15) is 11.2 Å². The number of benzene rings is 1. The standard InChI is InChI=1S/C19H25FN2O2/c1-19(2,18(24)22-16-11-7-6-10-15(16)20)17(23)21-13-12-14-8-4-3-5-9-14/h6-8,10-11H,3-5,9,12-13H2,1-2H3,(H,21,23)(H,22,24). The molecule has 0 radical (unpaired) electrons. The summed E-state index contributed by atoms with van der Waals surface area (Å²) in [7, 11) is 0. The maximum Gasteiger partial charge on any atom is 0.239 e. The predicted molar refractivity (Wildman–Crippen MR) is 93.0 cm³/mol. The second kappa shape index (κ2) is 8.08. The molecule has 2 rings (SSSR count). The van der Waals surface area contributed by atoms with E-state index in [1.807, 2.05) is 0 Å². The molecule has 2 N–H and O–H groups in total. The van der Waals surface area contributed by atoms with Crippen LogP contribution in [-0.2, 0) is 9.59 Å². The Morgan fingerprint density at radius 1 is 1.17 bits per heavy atom.